The minimum atomic E-state index is -4.34. The molecule has 0 aliphatic carbocycles. The number of aliphatic carboxylic acids is 1. The summed E-state index contributed by atoms with van der Waals surface area (Å²) in [5.74, 6) is -5.63. The van der Waals surface area contributed by atoms with Crippen LogP contribution in [0.25, 0.3) is 10.8 Å². The van der Waals surface area contributed by atoms with Gasteiger partial charge in [0.05, 0.1) is 24.9 Å². The highest BCUT2D eigenvalue weighted by Gasteiger charge is 2.46. The first-order chi connectivity index (χ1) is 29.1. The number of piperidine rings is 1. The molecule has 61 heavy (non-hydrogen) atoms. The molecule has 2 atom stereocenters. The number of benzene rings is 4. The topological polar surface area (TPSA) is 246 Å². The Hall–Kier alpha value is -5.89. The highest BCUT2D eigenvalue weighted by molar-refractivity contribution is 7.50. The van der Waals surface area contributed by atoms with E-state index >= 15 is 0 Å². The Labute approximate surface area is 354 Å². The Balaban J connectivity index is 1.30. The quantitative estimate of drug-likeness (QED) is 0.0473. The predicted octanol–water partition coefficient (Wildman–Crippen LogP) is 3.76. The van der Waals surface area contributed by atoms with Gasteiger partial charge in [0.25, 0.3) is 0 Å². The number of hydrogen-bond donors (Lipinski definition) is 7. The smallest absolute Gasteiger partial charge is 0.329 e. The number of carboxylic acids is 1. The van der Waals surface area contributed by atoms with Gasteiger partial charge in [0.15, 0.2) is 0 Å². The molecule has 16 heteroatoms. The number of carbonyl (C=O) groups excluding carboxylic acids is 5. The van der Waals surface area contributed by atoms with Crippen molar-refractivity contribution in [1.82, 2.24) is 20.9 Å². The third kappa shape index (κ3) is 14.1. The number of carbonyl (C=O) groups is 6. The van der Waals surface area contributed by atoms with Gasteiger partial charge in [0.2, 0.25) is 29.5 Å². The van der Waals surface area contributed by atoms with E-state index in [1.807, 2.05) is 72.8 Å². The van der Waals surface area contributed by atoms with E-state index in [0.29, 0.717) is 36.8 Å². The van der Waals surface area contributed by atoms with E-state index < -0.39 is 73.7 Å². The second kappa shape index (κ2) is 21.6. The third-order valence-corrected chi connectivity index (χ3v) is 11.8. The molecule has 5 rings (SSSR count). The lowest BCUT2D eigenvalue weighted by Crippen LogP contribution is -2.66. The molecule has 324 valence electrons. The normalized spacial score (nSPS) is 14.7. The summed E-state index contributed by atoms with van der Waals surface area (Å²) >= 11 is 0. The summed E-state index contributed by atoms with van der Waals surface area (Å²) in [6, 6.07) is 28.4. The van der Waals surface area contributed by atoms with Crippen molar-refractivity contribution < 1.29 is 48.2 Å². The summed E-state index contributed by atoms with van der Waals surface area (Å²) in [4.78, 5) is 99.9. The number of primary amides is 1. The van der Waals surface area contributed by atoms with Crippen molar-refractivity contribution in [3.63, 3.8) is 0 Å². The number of carboxylic acid groups (broad SMARTS) is 1. The van der Waals surface area contributed by atoms with Crippen molar-refractivity contribution in [1.29, 1.82) is 0 Å². The number of likely N-dealkylation sites (tertiary alicyclic amines) is 1. The Morgan fingerprint density at radius 3 is 2.08 bits per heavy atom. The van der Waals surface area contributed by atoms with Crippen LogP contribution in [0.5, 0.6) is 0 Å². The van der Waals surface area contributed by atoms with Crippen molar-refractivity contribution in [2.24, 2.45) is 11.7 Å². The summed E-state index contributed by atoms with van der Waals surface area (Å²) in [7, 11) is -4.34. The van der Waals surface area contributed by atoms with Crippen LogP contribution in [0.2, 0.25) is 0 Å². The van der Waals surface area contributed by atoms with E-state index in [1.165, 1.54) is 12.1 Å². The maximum Gasteiger partial charge on any atom is 0.329 e. The number of rotatable bonds is 21. The summed E-state index contributed by atoms with van der Waals surface area (Å²) in [6.07, 6.45) is 0.932. The van der Waals surface area contributed by atoms with Crippen molar-refractivity contribution in [3.05, 3.63) is 119 Å². The van der Waals surface area contributed by atoms with Crippen LogP contribution in [-0.2, 0) is 58.8 Å². The van der Waals surface area contributed by atoms with Crippen LogP contribution in [0.3, 0.4) is 0 Å². The molecule has 0 saturated carbocycles. The second-order valence-corrected chi connectivity index (χ2v) is 17.3. The molecular weight excluding hydrogens is 801 g/mol. The van der Waals surface area contributed by atoms with Crippen LogP contribution in [0.15, 0.2) is 97.1 Å². The molecule has 0 radical (unpaired) electrons. The molecule has 5 amide bonds. The maximum atomic E-state index is 14.4. The molecule has 8 N–H and O–H groups in total. The van der Waals surface area contributed by atoms with Gasteiger partial charge in [-0.25, -0.2) is 0 Å². The van der Waals surface area contributed by atoms with E-state index in [-0.39, 0.29) is 51.2 Å². The SMILES string of the molecule is NC(=O)C[C@H](NC(=O)C1(NC(=O)[C@H](CC(=O)O)Cc2ccc(CP(=O)(O)O)cc2)CCN(C(=O)CCCc2ccccc2)CC1)C(=O)NCCCc1cccc2ccccc12. The number of nitrogens with zero attached hydrogens (tertiary/aromatic N) is 1. The Kier molecular flexibility index (Phi) is 16.3. The molecule has 1 heterocycles. The zero-order valence-corrected chi connectivity index (χ0v) is 34.9. The van der Waals surface area contributed by atoms with Crippen LogP contribution in [0, 0.1) is 5.92 Å². The monoisotopic (exact) mass is 855 g/mol. The van der Waals surface area contributed by atoms with Crippen molar-refractivity contribution >= 4 is 53.9 Å². The maximum absolute atomic E-state index is 14.4. The first-order valence-electron chi connectivity index (χ1n) is 20.4. The van der Waals surface area contributed by atoms with Gasteiger partial charge in [-0.15, -0.1) is 0 Å². The Morgan fingerprint density at radius 2 is 1.41 bits per heavy atom. The summed E-state index contributed by atoms with van der Waals surface area (Å²) < 4.78 is 11.5. The van der Waals surface area contributed by atoms with Gasteiger partial charge in [0, 0.05) is 26.1 Å². The Morgan fingerprint density at radius 1 is 0.754 bits per heavy atom. The van der Waals surface area contributed by atoms with Crippen molar-refractivity contribution in [3.8, 4) is 0 Å². The lowest BCUT2D eigenvalue weighted by atomic mass is 9.84. The number of aryl methyl sites for hydroxylation is 2. The van der Waals surface area contributed by atoms with E-state index in [4.69, 9.17) is 5.73 Å². The van der Waals surface area contributed by atoms with Gasteiger partial charge in [-0.2, -0.15) is 0 Å². The molecule has 1 aliphatic rings. The van der Waals surface area contributed by atoms with E-state index in [2.05, 4.69) is 16.0 Å². The zero-order valence-electron chi connectivity index (χ0n) is 34.0. The number of fused-ring (bicyclic) bond motifs is 1. The van der Waals surface area contributed by atoms with Gasteiger partial charge in [0.1, 0.15) is 11.6 Å². The molecule has 15 nitrogen and oxygen atoms in total. The van der Waals surface area contributed by atoms with E-state index in [9.17, 15) is 48.2 Å². The first kappa shape index (κ1) is 46.2. The molecule has 0 bridgehead atoms. The average Bonchev–Trinajstić information content (AvgIpc) is 3.22. The molecule has 0 unspecified atom stereocenters. The average molecular weight is 856 g/mol. The summed E-state index contributed by atoms with van der Waals surface area (Å²) in [5, 5.41) is 20.2. The molecule has 1 fully saturated rings. The highest BCUT2D eigenvalue weighted by Crippen LogP contribution is 2.39. The van der Waals surface area contributed by atoms with Crippen LogP contribution in [0.1, 0.15) is 67.2 Å². The third-order valence-electron chi connectivity index (χ3n) is 11.0. The second-order valence-electron chi connectivity index (χ2n) is 15.7. The standard InChI is InChI=1S/C45H54N5O10P/c46-39(51)29-38(43(56)47-24-8-15-35-14-7-13-34-12-4-5-16-37(34)35)48-44(57)45(22-25-50(26-23-45)40(52)17-6-11-31-9-2-1-3-10-31)49-42(55)36(28-41(53)54)27-32-18-20-33(21-19-32)30-61(58,59)60/h1-5,7,9-10,12-14,16,18-21,36,38H,6,8,11,15,17,22-30H2,(H2,46,51)(H,47,56)(H,48,57)(H,49,55)(H,53,54)(H2,58,59,60)/t36-,38-/m0/s1. The van der Waals surface area contributed by atoms with Crippen LogP contribution in [0.4, 0.5) is 0 Å². The molecule has 4 aromatic carbocycles. The van der Waals surface area contributed by atoms with Crippen molar-refractivity contribution in [2.75, 3.05) is 19.6 Å². The Bertz CT molecular complexity index is 2220. The van der Waals surface area contributed by atoms with Crippen LogP contribution < -0.4 is 21.7 Å². The molecule has 0 spiro atoms. The fourth-order valence-electron chi connectivity index (χ4n) is 7.73. The van der Waals surface area contributed by atoms with Gasteiger partial charge in [-0.1, -0.05) is 97.1 Å². The zero-order chi connectivity index (χ0) is 44.0. The van der Waals surface area contributed by atoms with Crippen molar-refractivity contribution in [2.45, 2.75) is 82.0 Å². The van der Waals surface area contributed by atoms with Gasteiger partial charge < -0.3 is 41.5 Å². The van der Waals surface area contributed by atoms with Gasteiger partial charge in [-0.05, 0) is 78.0 Å². The van der Waals surface area contributed by atoms with Crippen LogP contribution in [-0.4, -0.2) is 86.5 Å². The molecule has 4 aromatic rings. The highest BCUT2D eigenvalue weighted by atomic mass is 31.2. The van der Waals surface area contributed by atoms with Gasteiger partial charge >= 0.3 is 13.6 Å². The summed E-state index contributed by atoms with van der Waals surface area (Å²) in [6.45, 7) is 0.375. The number of nitrogens with two attached hydrogens (primary N) is 1. The van der Waals surface area contributed by atoms with Gasteiger partial charge in [-0.3, -0.25) is 33.3 Å². The predicted molar refractivity (Wildman–Crippen MR) is 229 cm³/mol. The van der Waals surface area contributed by atoms with E-state index in [0.717, 1.165) is 21.9 Å². The first-order valence-corrected chi connectivity index (χ1v) is 22.2. The fourth-order valence-corrected chi connectivity index (χ4v) is 8.42. The minimum Gasteiger partial charge on any atom is -0.481 e. The molecule has 1 saturated heterocycles. The molecular formula is C45H54N5O10P. The number of amides is 5. The summed E-state index contributed by atoms with van der Waals surface area (Å²) in [5.41, 5.74) is 6.90. The number of hydrogen-bond acceptors (Lipinski definition) is 7. The number of nitrogens with one attached hydrogen (secondary N) is 3. The lowest BCUT2D eigenvalue weighted by Gasteiger charge is -2.42. The largest absolute Gasteiger partial charge is 0.481 e. The van der Waals surface area contributed by atoms with Crippen LogP contribution >= 0.6 is 7.60 Å². The fraction of sp³-hybridized carbons (Fsp3) is 0.378. The molecule has 1 aliphatic heterocycles. The molecule has 0 aromatic heterocycles. The lowest BCUT2D eigenvalue weighted by molar-refractivity contribution is -0.145. The van der Waals surface area contributed by atoms with E-state index in [1.54, 1.807) is 17.0 Å². The minimum absolute atomic E-state index is 0.0677.